The molecule has 0 fully saturated rings. The fraction of sp³-hybridized carbons (Fsp3) is 0.133. The second-order valence-corrected chi connectivity index (χ2v) is 4.28. The lowest BCUT2D eigenvalue weighted by molar-refractivity contribution is 0.355. The molecule has 0 atom stereocenters. The van der Waals surface area contributed by atoms with E-state index in [-0.39, 0.29) is 0 Å². The van der Waals surface area contributed by atoms with E-state index < -0.39 is 0 Å². The second kappa shape index (κ2) is 5.62. The van der Waals surface area contributed by atoms with Gasteiger partial charge >= 0.3 is 0 Å². The minimum Gasteiger partial charge on any atom is -0.493 e. The first-order valence-corrected chi connectivity index (χ1v) is 6.36. The van der Waals surface area contributed by atoms with E-state index >= 15 is 0 Å². The highest BCUT2D eigenvalue weighted by Crippen LogP contribution is 2.31. The van der Waals surface area contributed by atoms with E-state index in [1.807, 2.05) is 36.5 Å². The molecule has 0 aliphatic rings. The van der Waals surface area contributed by atoms with Gasteiger partial charge in [0.2, 0.25) is 0 Å². The van der Waals surface area contributed by atoms with Crippen LogP contribution in [0.1, 0.15) is 0 Å². The van der Waals surface area contributed by atoms with Crippen LogP contribution in [0, 0.1) is 0 Å². The Hall–Kier alpha value is -2.89. The normalized spacial score (nSPS) is 10.4. The van der Waals surface area contributed by atoms with E-state index in [2.05, 4.69) is 15.1 Å². The van der Waals surface area contributed by atoms with Crippen molar-refractivity contribution in [3.8, 4) is 28.6 Å². The van der Waals surface area contributed by atoms with Gasteiger partial charge in [-0.25, -0.2) is 14.6 Å². The highest BCUT2D eigenvalue weighted by molar-refractivity contribution is 5.64. The van der Waals surface area contributed by atoms with Crippen molar-refractivity contribution in [1.29, 1.82) is 0 Å². The molecule has 0 bridgehead atoms. The van der Waals surface area contributed by atoms with E-state index in [0.29, 0.717) is 17.3 Å². The zero-order valence-electron chi connectivity index (χ0n) is 11.7. The summed E-state index contributed by atoms with van der Waals surface area (Å²) < 4.78 is 12.2. The number of ether oxygens (including phenoxy) is 2. The van der Waals surface area contributed by atoms with Crippen LogP contribution < -0.4 is 9.47 Å². The van der Waals surface area contributed by atoms with E-state index in [1.54, 1.807) is 25.1 Å². The van der Waals surface area contributed by atoms with Crippen molar-refractivity contribution in [1.82, 2.24) is 19.7 Å². The summed E-state index contributed by atoms with van der Waals surface area (Å²) in [4.78, 5) is 8.52. The van der Waals surface area contributed by atoms with Crippen LogP contribution in [0.25, 0.3) is 17.1 Å². The average molecular weight is 282 g/mol. The van der Waals surface area contributed by atoms with Crippen molar-refractivity contribution < 1.29 is 9.47 Å². The lowest BCUT2D eigenvalue weighted by Gasteiger charge is -2.09. The van der Waals surface area contributed by atoms with Crippen LogP contribution in [0.2, 0.25) is 0 Å². The Bertz CT molecular complexity index is 741. The summed E-state index contributed by atoms with van der Waals surface area (Å²) in [5, 5.41) is 4.16. The smallest absolute Gasteiger partial charge is 0.161 e. The summed E-state index contributed by atoms with van der Waals surface area (Å²) in [6.45, 7) is 0. The highest BCUT2D eigenvalue weighted by Gasteiger charge is 2.08. The van der Waals surface area contributed by atoms with Gasteiger partial charge in [-0.3, -0.25) is 0 Å². The summed E-state index contributed by atoms with van der Waals surface area (Å²) in [5.41, 5.74) is 1.71. The number of hydrogen-bond donors (Lipinski definition) is 0. The molecule has 0 saturated heterocycles. The minimum atomic E-state index is 0.661. The summed E-state index contributed by atoms with van der Waals surface area (Å²) in [7, 11) is 3.22. The Labute approximate surface area is 122 Å². The van der Waals surface area contributed by atoms with E-state index in [0.717, 1.165) is 11.3 Å². The van der Waals surface area contributed by atoms with Crippen LogP contribution in [0.5, 0.6) is 11.5 Å². The SMILES string of the molecule is COc1ccc(-c2cc(-n3cccn3)ncn2)cc1OC. The quantitative estimate of drug-likeness (QED) is 0.735. The van der Waals surface area contributed by atoms with Gasteiger partial charge < -0.3 is 9.47 Å². The molecule has 3 aromatic rings. The van der Waals surface area contributed by atoms with Crippen LogP contribution in [0.3, 0.4) is 0 Å². The van der Waals surface area contributed by atoms with Crippen molar-refractivity contribution in [3.63, 3.8) is 0 Å². The average Bonchev–Trinajstić information content (AvgIpc) is 3.09. The van der Waals surface area contributed by atoms with Crippen molar-refractivity contribution in [2.24, 2.45) is 0 Å². The van der Waals surface area contributed by atoms with E-state index in [1.165, 1.54) is 6.33 Å². The lowest BCUT2D eigenvalue weighted by Crippen LogP contribution is -1.99. The van der Waals surface area contributed by atoms with Crippen molar-refractivity contribution in [2.45, 2.75) is 0 Å². The van der Waals surface area contributed by atoms with Crippen LogP contribution in [0.4, 0.5) is 0 Å². The lowest BCUT2D eigenvalue weighted by atomic mass is 10.1. The topological polar surface area (TPSA) is 62.1 Å². The number of hydrogen-bond acceptors (Lipinski definition) is 5. The molecule has 2 aromatic heterocycles. The molecule has 0 aliphatic carbocycles. The molecule has 6 heteroatoms. The summed E-state index contributed by atoms with van der Waals surface area (Å²) in [5.74, 6) is 2.05. The van der Waals surface area contributed by atoms with Crippen molar-refractivity contribution >= 4 is 0 Å². The van der Waals surface area contributed by atoms with Crippen LogP contribution in [0.15, 0.2) is 49.1 Å². The first kappa shape index (κ1) is 13.1. The Balaban J connectivity index is 2.03. The van der Waals surface area contributed by atoms with Crippen molar-refractivity contribution in [3.05, 3.63) is 49.1 Å². The molecule has 0 radical (unpaired) electrons. The number of methoxy groups -OCH3 is 2. The number of nitrogens with zero attached hydrogens (tertiary/aromatic N) is 4. The van der Waals surface area contributed by atoms with Crippen molar-refractivity contribution in [2.75, 3.05) is 14.2 Å². The van der Waals surface area contributed by atoms with Gasteiger partial charge in [-0.1, -0.05) is 0 Å². The molecule has 1 aromatic carbocycles. The maximum Gasteiger partial charge on any atom is 0.161 e. The van der Waals surface area contributed by atoms with E-state index in [4.69, 9.17) is 9.47 Å². The third kappa shape index (κ3) is 2.55. The molecule has 21 heavy (non-hydrogen) atoms. The molecule has 0 aliphatic heterocycles. The first-order valence-electron chi connectivity index (χ1n) is 6.36. The molecule has 0 N–H and O–H groups in total. The van der Waals surface area contributed by atoms with Gasteiger partial charge in [-0.05, 0) is 24.3 Å². The summed E-state index contributed by atoms with van der Waals surface area (Å²) in [6.07, 6.45) is 5.06. The molecule has 0 amide bonds. The zero-order valence-corrected chi connectivity index (χ0v) is 11.7. The number of benzene rings is 1. The Kier molecular flexibility index (Phi) is 3.51. The predicted octanol–water partition coefficient (Wildman–Crippen LogP) is 2.35. The van der Waals surface area contributed by atoms with Gasteiger partial charge in [0.25, 0.3) is 0 Å². The summed E-state index contributed by atoms with van der Waals surface area (Å²) in [6, 6.07) is 9.38. The fourth-order valence-electron chi connectivity index (χ4n) is 2.03. The molecule has 2 heterocycles. The van der Waals surface area contributed by atoms with Crippen LogP contribution in [-0.2, 0) is 0 Å². The van der Waals surface area contributed by atoms with E-state index in [9.17, 15) is 0 Å². The molecular formula is C15H14N4O2. The largest absolute Gasteiger partial charge is 0.493 e. The van der Waals surface area contributed by atoms with Crippen LogP contribution >= 0.6 is 0 Å². The first-order chi connectivity index (χ1) is 10.3. The molecule has 0 unspecified atom stereocenters. The van der Waals surface area contributed by atoms with Gasteiger partial charge in [-0.15, -0.1) is 0 Å². The van der Waals surface area contributed by atoms with Gasteiger partial charge in [-0.2, -0.15) is 5.10 Å². The third-order valence-corrected chi connectivity index (χ3v) is 3.07. The van der Waals surface area contributed by atoms with Gasteiger partial charge in [0.05, 0.1) is 19.9 Å². The number of rotatable bonds is 4. The molecule has 3 rings (SSSR count). The molecule has 6 nitrogen and oxygen atoms in total. The maximum absolute atomic E-state index is 5.31. The highest BCUT2D eigenvalue weighted by atomic mass is 16.5. The second-order valence-electron chi connectivity index (χ2n) is 4.28. The minimum absolute atomic E-state index is 0.661. The Morgan fingerprint density at radius 3 is 2.57 bits per heavy atom. The fourth-order valence-corrected chi connectivity index (χ4v) is 2.03. The summed E-state index contributed by atoms with van der Waals surface area (Å²) >= 11 is 0. The standard InChI is InChI=1S/C15H14N4O2/c1-20-13-5-4-11(8-14(13)21-2)12-9-15(17-10-16-12)19-7-3-6-18-19/h3-10H,1-2H3. The third-order valence-electron chi connectivity index (χ3n) is 3.07. The molecule has 0 saturated carbocycles. The number of aromatic nitrogens is 4. The molecular weight excluding hydrogens is 268 g/mol. The Morgan fingerprint density at radius 1 is 1.00 bits per heavy atom. The Morgan fingerprint density at radius 2 is 1.86 bits per heavy atom. The maximum atomic E-state index is 5.31. The zero-order chi connectivity index (χ0) is 14.7. The van der Waals surface area contributed by atoms with Gasteiger partial charge in [0, 0.05) is 24.0 Å². The monoisotopic (exact) mass is 282 g/mol. The molecule has 0 spiro atoms. The predicted molar refractivity (Wildman–Crippen MR) is 77.7 cm³/mol. The molecule has 106 valence electrons. The van der Waals surface area contributed by atoms with Gasteiger partial charge in [0.1, 0.15) is 6.33 Å². The van der Waals surface area contributed by atoms with Gasteiger partial charge in [0.15, 0.2) is 17.3 Å². The van der Waals surface area contributed by atoms with Crippen LogP contribution in [-0.4, -0.2) is 34.0 Å².